The molecular weight excluding hydrogens is 847 g/mol. The number of nitrogens with zero attached hydrogens (tertiary/aromatic N) is 6. The van der Waals surface area contributed by atoms with E-state index < -0.39 is 5.97 Å². The number of nitrogens with one attached hydrogen (secondary N) is 3. The molecule has 0 spiro atoms. The molecule has 352 valence electrons. The highest BCUT2D eigenvalue weighted by Gasteiger charge is 2.29. The minimum Gasteiger partial charge on any atom is -0.493 e. The van der Waals surface area contributed by atoms with Crippen molar-refractivity contribution in [3.63, 3.8) is 0 Å². The van der Waals surface area contributed by atoms with Crippen LogP contribution in [-0.2, 0) is 16.1 Å². The van der Waals surface area contributed by atoms with Crippen LogP contribution in [0.15, 0.2) is 60.9 Å². The van der Waals surface area contributed by atoms with Gasteiger partial charge in [-0.05, 0) is 52.0 Å². The van der Waals surface area contributed by atoms with Gasteiger partial charge in [-0.15, -0.1) is 0 Å². The highest BCUT2D eigenvalue weighted by atomic mass is 16.5. The topological polar surface area (TPSA) is 204 Å². The third kappa shape index (κ3) is 11.9. The van der Waals surface area contributed by atoms with Crippen molar-refractivity contribution in [1.82, 2.24) is 25.3 Å². The smallest absolute Gasteiger partial charge is 0.308 e. The van der Waals surface area contributed by atoms with Gasteiger partial charge in [-0.3, -0.25) is 9.59 Å². The predicted molar refractivity (Wildman–Crippen MR) is 253 cm³/mol. The summed E-state index contributed by atoms with van der Waals surface area (Å²) in [5.74, 6) is 4.35. The Balaban J connectivity index is 0.000000225. The number of carboxylic acid groups (broad SMARTS) is 1. The predicted octanol–water partition coefficient (Wildman–Crippen LogP) is 7.25. The number of aromatic nitrogens is 4. The highest BCUT2D eigenvalue weighted by Crippen LogP contribution is 2.42. The van der Waals surface area contributed by atoms with Gasteiger partial charge in [0.2, 0.25) is 29.3 Å². The largest absolute Gasteiger partial charge is 0.493 e. The number of benzene rings is 3. The summed E-state index contributed by atoms with van der Waals surface area (Å²) in [6.45, 7) is 9.15. The average Bonchev–Trinajstić information content (AvgIpc) is 3.34. The number of hydrogen-bond acceptors (Lipinski definition) is 16. The van der Waals surface area contributed by atoms with Crippen LogP contribution in [0.4, 0.5) is 34.9 Å². The van der Waals surface area contributed by atoms with Gasteiger partial charge in [0.15, 0.2) is 23.0 Å². The number of ether oxygens (including phenoxy) is 6. The first kappa shape index (κ1) is 48.2. The molecule has 1 unspecified atom stereocenters. The molecule has 4 N–H and O–H groups in total. The summed E-state index contributed by atoms with van der Waals surface area (Å²) in [7, 11) is 9.37. The number of methoxy groups -OCH3 is 6. The maximum absolute atomic E-state index is 13.0. The molecule has 2 atom stereocenters. The Morgan fingerprint density at radius 2 is 1.06 bits per heavy atom. The van der Waals surface area contributed by atoms with E-state index in [0.29, 0.717) is 83.8 Å². The van der Waals surface area contributed by atoms with Gasteiger partial charge >= 0.3 is 5.97 Å². The molecule has 2 fully saturated rings. The molecule has 0 radical (unpaired) electrons. The minimum absolute atomic E-state index is 0.0766. The fourth-order valence-corrected chi connectivity index (χ4v) is 7.99. The number of carboxylic acids is 1. The van der Waals surface area contributed by atoms with Crippen molar-refractivity contribution < 1.29 is 43.1 Å². The molecule has 66 heavy (non-hydrogen) atoms. The van der Waals surface area contributed by atoms with E-state index in [9.17, 15) is 14.7 Å². The van der Waals surface area contributed by atoms with Crippen molar-refractivity contribution in [2.75, 3.05) is 89.3 Å². The first-order valence-electron chi connectivity index (χ1n) is 21.8. The number of carbonyl (C=O) groups is 2. The number of aliphatic carboxylic acids is 1. The summed E-state index contributed by atoms with van der Waals surface area (Å²) >= 11 is 0. The molecule has 2 aliphatic heterocycles. The molecule has 0 saturated carbocycles. The van der Waals surface area contributed by atoms with Gasteiger partial charge in [0.25, 0.3) is 0 Å². The molecule has 7 rings (SSSR count). The fourth-order valence-electron chi connectivity index (χ4n) is 7.99. The van der Waals surface area contributed by atoms with Crippen LogP contribution in [0, 0.1) is 32.6 Å². The quantitative estimate of drug-likeness (QED) is 0.0770. The van der Waals surface area contributed by atoms with Crippen LogP contribution in [-0.4, -0.2) is 106 Å². The normalized spacial score (nSPS) is 15.7. The average molecular weight is 908 g/mol. The standard InChI is InChI=1S/C28H35N5O4.C20H26N4O5/c1-18-8-10-20(11-9-18)16-29-27(34)21-7-6-12-33(17-21)26-19(2)15-30-28(32-26)31-22-13-23(35-3)25(37-5)24(14-22)36-4;1-12-10-21-20(23-18(12)24-7-5-6-13(11-24)19(25)26)22-14-8-15(27-2)17(29-4)16(9-14)28-3/h8-11,13-15,21H,6-7,12,16-17H2,1-5H3,(H,29,34)(H,30,31,32);8-10,13H,5-7,11H2,1-4H3,(H,25,26)(H,21,22,23)/t21-;/m1./s1. The summed E-state index contributed by atoms with van der Waals surface area (Å²) in [4.78, 5) is 46.8. The van der Waals surface area contributed by atoms with E-state index >= 15 is 0 Å². The third-order valence-corrected chi connectivity index (χ3v) is 11.5. The van der Waals surface area contributed by atoms with E-state index in [-0.39, 0.29) is 17.7 Å². The lowest BCUT2D eigenvalue weighted by Crippen LogP contribution is -2.43. The summed E-state index contributed by atoms with van der Waals surface area (Å²) < 4.78 is 32.4. The van der Waals surface area contributed by atoms with Crippen LogP contribution in [0.2, 0.25) is 0 Å². The Morgan fingerprint density at radius 1 is 0.636 bits per heavy atom. The van der Waals surface area contributed by atoms with Crippen molar-refractivity contribution in [3.05, 3.63) is 83.2 Å². The SMILES string of the molecule is COc1cc(Nc2ncc(C)c(N3CCCC(C(=O)O)C3)n2)cc(OC)c1OC.COc1cc(Nc2ncc(C)c(N3CCC[C@@H](C(=O)NCc4ccc(C)cc4)C3)n2)cc(OC)c1OC. The van der Waals surface area contributed by atoms with Gasteiger partial charge in [-0.1, -0.05) is 29.8 Å². The summed E-state index contributed by atoms with van der Waals surface area (Å²) in [5, 5.41) is 18.9. The van der Waals surface area contributed by atoms with Crippen molar-refractivity contribution in [2.24, 2.45) is 11.8 Å². The Labute approximate surface area is 386 Å². The third-order valence-electron chi connectivity index (χ3n) is 11.5. The number of amides is 1. The Morgan fingerprint density at radius 3 is 1.47 bits per heavy atom. The molecule has 0 bridgehead atoms. The lowest BCUT2D eigenvalue weighted by Gasteiger charge is -2.33. The molecule has 18 heteroatoms. The zero-order valence-electron chi connectivity index (χ0n) is 39.2. The maximum atomic E-state index is 13.0. The van der Waals surface area contributed by atoms with Crippen LogP contribution < -0.4 is 54.2 Å². The Hall–Kier alpha value is -7.24. The van der Waals surface area contributed by atoms with Crippen molar-refractivity contribution in [2.45, 2.75) is 53.0 Å². The lowest BCUT2D eigenvalue weighted by molar-refractivity contribution is -0.142. The summed E-state index contributed by atoms with van der Waals surface area (Å²) in [5.41, 5.74) is 5.54. The van der Waals surface area contributed by atoms with Crippen LogP contribution in [0.3, 0.4) is 0 Å². The molecule has 1 amide bonds. The number of aryl methyl sites for hydroxylation is 3. The van der Waals surface area contributed by atoms with Gasteiger partial charge in [0.05, 0.1) is 54.5 Å². The number of piperidine rings is 2. The zero-order chi connectivity index (χ0) is 47.3. The monoisotopic (exact) mass is 907 g/mol. The molecule has 18 nitrogen and oxygen atoms in total. The molecular formula is C48H61N9O9. The fraction of sp³-hybridized carbons (Fsp3) is 0.417. The van der Waals surface area contributed by atoms with Gasteiger partial charge in [-0.25, -0.2) is 9.97 Å². The second-order valence-electron chi connectivity index (χ2n) is 16.1. The van der Waals surface area contributed by atoms with Gasteiger partial charge < -0.3 is 59.3 Å². The van der Waals surface area contributed by atoms with Crippen LogP contribution in [0.1, 0.15) is 47.9 Å². The van der Waals surface area contributed by atoms with E-state index in [4.69, 9.17) is 33.4 Å². The molecule has 0 aliphatic carbocycles. The molecule has 2 aliphatic rings. The van der Waals surface area contributed by atoms with Crippen LogP contribution in [0.5, 0.6) is 34.5 Å². The highest BCUT2D eigenvalue weighted by molar-refractivity contribution is 5.79. The second kappa shape index (κ2) is 22.6. The molecule has 2 saturated heterocycles. The molecule has 3 aromatic carbocycles. The molecule has 5 aromatic rings. The first-order valence-corrected chi connectivity index (χ1v) is 21.8. The van der Waals surface area contributed by atoms with E-state index in [0.717, 1.165) is 60.7 Å². The number of hydrogen-bond donors (Lipinski definition) is 4. The molecule has 2 aromatic heterocycles. The maximum Gasteiger partial charge on any atom is 0.308 e. The number of carbonyl (C=O) groups excluding carboxylic acids is 1. The van der Waals surface area contributed by atoms with Crippen molar-refractivity contribution in [3.8, 4) is 34.5 Å². The molecule has 4 heterocycles. The van der Waals surface area contributed by atoms with E-state index in [1.165, 1.54) is 5.56 Å². The zero-order valence-corrected chi connectivity index (χ0v) is 39.2. The minimum atomic E-state index is -0.766. The Kier molecular flexibility index (Phi) is 16.5. The van der Waals surface area contributed by atoms with Gasteiger partial charge in [0, 0.05) is 91.9 Å². The van der Waals surface area contributed by atoms with Crippen molar-refractivity contribution >= 4 is 46.8 Å². The number of anilines is 6. The van der Waals surface area contributed by atoms with E-state index in [1.807, 2.05) is 18.7 Å². The van der Waals surface area contributed by atoms with E-state index in [2.05, 4.69) is 67.0 Å². The number of rotatable bonds is 16. The van der Waals surface area contributed by atoms with Crippen LogP contribution in [0.25, 0.3) is 0 Å². The van der Waals surface area contributed by atoms with Gasteiger partial charge in [0.1, 0.15) is 11.6 Å². The lowest BCUT2D eigenvalue weighted by atomic mass is 9.96. The van der Waals surface area contributed by atoms with Crippen molar-refractivity contribution in [1.29, 1.82) is 0 Å². The second-order valence-corrected chi connectivity index (χ2v) is 16.1. The van der Waals surface area contributed by atoms with Gasteiger partial charge in [-0.2, -0.15) is 9.97 Å². The van der Waals surface area contributed by atoms with E-state index in [1.54, 1.807) is 79.3 Å². The Bertz CT molecular complexity index is 2400. The summed E-state index contributed by atoms with van der Waals surface area (Å²) in [6.07, 6.45) is 6.80. The first-order chi connectivity index (χ1) is 31.9. The summed E-state index contributed by atoms with van der Waals surface area (Å²) in [6, 6.07) is 15.4. The van der Waals surface area contributed by atoms with Crippen LogP contribution >= 0.6 is 0 Å².